The third-order valence-electron chi connectivity index (χ3n) is 6.51. The minimum absolute atomic E-state index is 0.207. The molecular formula is C31H31N5. The molecule has 36 heavy (non-hydrogen) atoms. The first-order valence-corrected chi connectivity index (χ1v) is 12.3. The smallest absolute Gasteiger partial charge is 0.0630 e. The Morgan fingerprint density at radius 1 is 0.750 bits per heavy atom. The molecule has 5 rings (SSSR count). The van der Waals surface area contributed by atoms with Gasteiger partial charge in [0, 0.05) is 23.0 Å². The van der Waals surface area contributed by atoms with Crippen LogP contribution in [-0.2, 0) is 0 Å². The summed E-state index contributed by atoms with van der Waals surface area (Å²) in [5.74, 6) is 0.531. The van der Waals surface area contributed by atoms with Crippen molar-refractivity contribution in [2.24, 2.45) is 21.6 Å². The van der Waals surface area contributed by atoms with Crippen molar-refractivity contribution in [3.8, 4) is 0 Å². The summed E-state index contributed by atoms with van der Waals surface area (Å²) in [6.07, 6.45) is 11.0. The van der Waals surface area contributed by atoms with E-state index in [0.717, 1.165) is 46.3 Å². The zero-order chi connectivity index (χ0) is 24.9. The number of aromatic amines is 2. The number of nitrogens with zero attached hydrogens (tertiary/aromatic N) is 2. The summed E-state index contributed by atoms with van der Waals surface area (Å²) < 4.78 is 0. The lowest BCUT2D eigenvalue weighted by molar-refractivity contribution is 0.570. The first-order chi connectivity index (χ1) is 17.5. The highest BCUT2D eigenvalue weighted by Crippen LogP contribution is 2.38. The highest BCUT2D eigenvalue weighted by atomic mass is 14.8. The maximum atomic E-state index is 6.02. The molecule has 0 bridgehead atoms. The molecule has 0 spiro atoms. The van der Waals surface area contributed by atoms with Gasteiger partial charge in [-0.05, 0) is 91.9 Å². The van der Waals surface area contributed by atoms with Gasteiger partial charge in [0.05, 0.1) is 35.2 Å². The number of rotatable bonds is 7. The molecule has 1 atom stereocenters. The van der Waals surface area contributed by atoms with E-state index in [1.807, 2.05) is 56.6 Å². The van der Waals surface area contributed by atoms with Crippen LogP contribution in [0.1, 0.15) is 46.2 Å². The molecule has 5 nitrogen and oxygen atoms in total. The molecule has 0 aliphatic heterocycles. The quantitative estimate of drug-likeness (QED) is 0.248. The van der Waals surface area contributed by atoms with E-state index < -0.39 is 0 Å². The molecule has 0 saturated carbocycles. The van der Waals surface area contributed by atoms with Crippen LogP contribution in [0.25, 0.3) is 0 Å². The molecule has 0 fully saturated rings. The molecule has 180 valence electrons. The Morgan fingerprint density at radius 2 is 1.25 bits per heavy atom. The monoisotopic (exact) mass is 473 g/mol. The first-order valence-electron chi connectivity index (χ1n) is 12.3. The topological polar surface area (TPSA) is 82.3 Å². The van der Waals surface area contributed by atoms with Crippen molar-refractivity contribution in [3.63, 3.8) is 0 Å². The van der Waals surface area contributed by atoms with Crippen molar-refractivity contribution in [1.82, 2.24) is 9.97 Å². The highest BCUT2D eigenvalue weighted by Gasteiger charge is 2.24. The predicted molar refractivity (Wildman–Crippen MR) is 150 cm³/mol. The minimum atomic E-state index is 0.207. The summed E-state index contributed by atoms with van der Waals surface area (Å²) in [7, 11) is 0. The standard InChI is InChI=1S/C31H31N5/c1-21-3-13-29(35-21)19-33-27-15-7-24(8-16-27)31(23-5-11-26(32)12-6-23)25-9-17-28(18-10-25)34-20-30-14-4-22(2)36-30/h3-5,7-20,23,31,35-36H,6,32H2,1-2H3. The fourth-order valence-corrected chi connectivity index (χ4v) is 4.61. The van der Waals surface area contributed by atoms with Crippen molar-refractivity contribution in [2.45, 2.75) is 26.2 Å². The summed E-state index contributed by atoms with van der Waals surface area (Å²) in [6.45, 7) is 4.08. The van der Waals surface area contributed by atoms with Crippen LogP contribution < -0.4 is 5.73 Å². The van der Waals surface area contributed by atoms with E-state index in [9.17, 15) is 0 Å². The third-order valence-corrected chi connectivity index (χ3v) is 6.51. The lowest BCUT2D eigenvalue weighted by Crippen LogP contribution is -2.15. The molecule has 0 radical (unpaired) electrons. The van der Waals surface area contributed by atoms with Gasteiger partial charge in [-0.15, -0.1) is 0 Å². The Labute approximate surface area is 212 Å². The Morgan fingerprint density at radius 3 is 1.64 bits per heavy atom. The van der Waals surface area contributed by atoms with Crippen molar-refractivity contribution in [2.75, 3.05) is 0 Å². The van der Waals surface area contributed by atoms with E-state index in [-0.39, 0.29) is 5.92 Å². The van der Waals surface area contributed by atoms with Crippen LogP contribution in [0, 0.1) is 19.8 Å². The molecule has 0 saturated heterocycles. The molecule has 2 aromatic carbocycles. The van der Waals surface area contributed by atoms with E-state index in [0.29, 0.717) is 5.92 Å². The lowest BCUT2D eigenvalue weighted by Gasteiger charge is -2.27. The molecule has 4 N–H and O–H groups in total. The minimum Gasteiger partial charge on any atom is -0.399 e. The van der Waals surface area contributed by atoms with E-state index >= 15 is 0 Å². The van der Waals surface area contributed by atoms with Crippen LogP contribution in [-0.4, -0.2) is 22.4 Å². The fourth-order valence-electron chi connectivity index (χ4n) is 4.61. The predicted octanol–water partition coefficient (Wildman–Crippen LogP) is 7.01. The number of allylic oxidation sites excluding steroid dienone is 3. The van der Waals surface area contributed by atoms with Crippen molar-refractivity contribution >= 4 is 23.8 Å². The number of aryl methyl sites for hydroxylation is 2. The first kappa shape index (κ1) is 23.4. The lowest BCUT2D eigenvalue weighted by atomic mass is 9.77. The van der Waals surface area contributed by atoms with E-state index in [2.05, 4.69) is 80.6 Å². The molecule has 5 heteroatoms. The summed E-state index contributed by atoms with van der Waals surface area (Å²) in [5.41, 5.74) is 15.5. The van der Waals surface area contributed by atoms with Gasteiger partial charge in [-0.2, -0.15) is 0 Å². The molecular weight excluding hydrogens is 442 g/mol. The van der Waals surface area contributed by atoms with Gasteiger partial charge in [0.15, 0.2) is 0 Å². The van der Waals surface area contributed by atoms with Crippen LogP contribution in [0.5, 0.6) is 0 Å². The van der Waals surface area contributed by atoms with Crippen LogP contribution in [0.3, 0.4) is 0 Å². The van der Waals surface area contributed by atoms with Gasteiger partial charge in [0.25, 0.3) is 0 Å². The SMILES string of the molecule is Cc1ccc(C=Nc2ccc(C(c3ccc(N=Cc4ccc(C)[nH]4)cc3)C3C=CC(N)=CC3)cc2)[nH]1. The van der Waals surface area contributed by atoms with Crippen LogP contribution >= 0.6 is 0 Å². The van der Waals surface area contributed by atoms with Crippen LogP contribution in [0.4, 0.5) is 11.4 Å². The van der Waals surface area contributed by atoms with E-state index in [1.165, 1.54) is 11.1 Å². The summed E-state index contributed by atoms with van der Waals surface area (Å²) in [5, 5.41) is 0. The largest absolute Gasteiger partial charge is 0.399 e. The molecule has 4 aromatic rings. The van der Waals surface area contributed by atoms with Crippen LogP contribution in [0.15, 0.2) is 107 Å². The van der Waals surface area contributed by atoms with Gasteiger partial charge in [0.2, 0.25) is 0 Å². The molecule has 2 heterocycles. The van der Waals surface area contributed by atoms with Gasteiger partial charge >= 0.3 is 0 Å². The van der Waals surface area contributed by atoms with Crippen molar-refractivity contribution < 1.29 is 0 Å². The third kappa shape index (κ3) is 5.63. The zero-order valence-corrected chi connectivity index (χ0v) is 20.6. The number of benzene rings is 2. The zero-order valence-electron chi connectivity index (χ0n) is 20.6. The molecule has 1 unspecified atom stereocenters. The van der Waals surface area contributed by atoms with Gasteiger partial charge in [-0.25, -0.2) is 0 Å². The fraction of sp³-hybridized carbons (Fsp3) is 0.161. The number of H-pyrrole nitrogens is 2. The van der Waals surface area contributed by atoms with Crippen LogP contribution in [0.2, 0.25) is 0 Å². The van der Waals surface area contributed by atoms with Gasteiger partial charge in [-0.3, -0.25) is 9.98 Å². The average molecular weight is 474 g/mol. The Hall–Kier alpha value is -4.38. The van der Waals surface area contributed by atoms with E-state index in [4.69, 9.17) is 5.73 Å². The van der Waals surface area contributed by atoms with Gasteiger partial charge in [0.1, 0.15) is 0 Å². The Kier molecular flexibility index (Phi) is 6.80. The van der Waals surface area contributed by atoms with Gasteiger partial charge < -0.3 is 15.7 Å². The molecule has 1 aliphatic carbocycles. The number of nitrogens with two attached hydrogens (primary N) is 1. The summed E-state index contributed by atoms with van der Waals surface area (Å²) in [4.78, 5) is 15.8. The maximum Gasteiger partial charge on any atom is 0.0630 e. The highest BCUT2D eigenvalue weighted by molar-refractivity contribution is 5.80. The Balaban J connectivity index is 1.38. The number of aromatic nitrogens is 2. The van der Waals surface area contributed by atoms with Crippen molar-refractivity contribution in [3.05, 3.63) is 131 Å². The average Bonchev–Trinajstić information content (AvgIpc) is 3.51. The van der Waals surface area contributed by atoms with E-state index in [1.54, 1.807) is 0 Å². The number of hydrogen-bond donors (Lipinski definition) is 3. The number of nitrogens with one attached hydrogen (secondary N) is 2. The van der Waals surface area contributed by atoms with Crippen molar-refractivity contribution in [1.29, 1.82) is 0 Å². The van der Waals surface area contributed by atoms with Gasteiger partial charge in [-0.1, -0.05) is 36.4 Å². The molecule has 0 amide bonds. The second-order valence-electron chi connectivity index (χ2n) is 9.33. The Bertz CT molecular complexity index is 1340. The number of hydrogen-bond acceptors (Lipinski definition) is 3. The summed E-state index contributed by atoms with van der Waals surface area (Å²) >= 11 is 0. The normalized spacial score (nSPS) is 16.6. The number of aliphatic imine (C=N–C) groups is 2. The maximum absolute atomic E-state index is 6.02. The molecule has 2 aromatic heterocycles. The second kappa shape index (κ2) is 10.5. The molecule has 1 aliphatic rings. The second-order valence-corrected chi connectivity index (χ2v) is 9.33. The summed E-state index contributed by atoms with van der Waals surface area (Å²) in [6, 6.07) is 25.2.